The Morgan fingerprint density at radius 3 is 2.70 bits per heavy atom. The average molecular weight is 360 g/mol. The summed E-state index contributed by atoms with van der Waals surface area (Å²) in [6.07, 6.45) is 8.40. The number of imidazole rings is 1. The Morgan fingerprint density at radius 1 is 1.11 bits per heavy atom. The average Bonchev–Trinajstić information content (AvgIpc) is 3.07. The summed E-state index contributed by atoms with van der Waals surface area (Å²) in [4.78, 5) is 15.9. The van der Waals surface area contributed by atoms with Crippen LogP contribution in [0.2, 0.25) is 0 Å². The summed E-state index contributed by atoms with van der Waals surface area (Å²) in [6.45, 7) is 0.844. The van der Waals surface area contributed by atoms with Gasteiger partial charge in [0.2, 0.25) is 0 Å². The lowest BCUT2D eigenvalue weighted by molar-refractivity contribution is 0.0697. The number of hydrogen-bond acceptors (Lipinski definition) is 3. The van der Waals surface area contributed by atoms with Gasteiger partial charge in [0, 0.05) is 5.70 Å². The van der Waals surface area contributed by atoms with Crippen molar-refractivity contribution in [3.05, 3.63) is 83.7 Å². The molecular weight excluding hydrogens is 340 g/mol. The summed E-state index contributed by atoms with van der Waals surface area (Å²) in [5.74, 6) is -0.189. The molecule has 0 radical (unpaired) electrons. The highest BCUT2D eigenvalue weighted by Crippen LogP contribution is 2.26. The van der Waals surface area contributed by atoms with Crippen LogP contribution in [0.4, 0.5) is 0 Å². The van der Waals surface area contributed by atoms with Crippen molar-refractivity contribution >= 4 is 22.7 Å². The molecule has 3 aromatic rings. The number of rotatable bonds is 6. The number of hydrogen-bond donors (Lipinski definition) is 1. The first kappa shape index (κ1) is 17.2. The number of allylic oxidation sites excluding steroid dienone is 4. The Kier molecular flexibility index (Phi) is 4.85. The van der Waals surface area contributed by atoms with E-state index in [1.165, 1.54) is 0 Å². The molecule has 0 unspecified atom stereocenters. The van der Waals surface area contributed by atoms with E-state index in [1.807, 2.05) is 36.4 Å². The molecule has 27 heavy (non-hydrogen) atoms. The topological polar surface area (TPSA) is 64.3 Å². The van der Waals surface area contributed by atoms with Crippen molar-refractivity contribution in [2.75, 3.05) is 0 Å². The molecule has 1 heterocycles. The highest BCUT2D eigenvalue weighted by molar-refractivity contribution is 5.93. The summed E-state index contributed by atoms with van der Waals surface area (Å²) in [7, 11) is 0. The lowest BCUT2D eigenvalue weighted by atomic mass is 10.1. The molecule has 0 saturated heterocycles. The molecule has 5 nitrogen and oxygen atoms in total. The van der Waals surface area contributed by atoms with Crippen molar-refractivity contribution in [1.29, 1.82) is 0 Å². The van der Waals surface area contributed by atoms with Crippen LogP contribution in [-0.2, 0) is 18.0 Å². The Hall–Kier alpha value is -3.18. The van der Waals surface area contributed by atoms with E-state index in [0.29, 0.717) is 18.7 Å². The third-order valence-electron chi connectivity index (χ3n) is 4.55. The minimum atomic E-state index is -0.954. The first-order valence-electron chi connectivity index (χ1n) is 8.96. The Balaban J connectivity index is 1.67. The minimum Gasteiger partial charge on any atom is -0.478 e. The highest BCUT2D eigenvalue weighted by Gasteiger charge is 2.16. The lowest BCUT2D eigenvalue weighted by Crippen LogP contribution is -2.05. The molecule has 1 aliphatic rings. The van der Waals surface area contributed by atoms with Crippen LogP contribution < -0.4 is 0 Å². The maximum absolute atomic E-state index is 11.3. The maximum atomic E-state index is 11.3. The fourth-order valence-corrected chi connectivity index (χ4v) is 3.25. The number of carboxylic acids is 1. The van der Waals surface area contributed by atoms with Crippen LogP contribution in [-0.4, -0.2) is 20.6 Å². The molecule has 1 aromatic heterocycles. The van der Waals surface area contributed by atoms with Crippen LogP contribution in [0.25, 0.3) is 16.7 Å². The van der Waals surface area contributed by atoms with Crippen molar-refractivity contribution < 1.29 is 14.6 Å². The molecule has 0 fully saturated rings. The van der Waals surface area contributed by atoms with Gasteiger partial charge in [-0.05, 0) is 42.7 Å². The molecule has 0 aliphatic heterocycles. The lowest BCUT2D eigenvalue weighted by Gasteiger charge is -2.13. The number of carbonyl (C=O) groups is 1. The molecule has 136 valence electrons. The number of nitrogens with zero attached hydrogens (tertiary/aromatic N) is 2. The van der Waals surface area contributed by atoms with Crippen molar-refractivity contribution in [3.63, 3.8) is 0 Å². The van der Waals surface area contributed by atoms with Crippen LogP contribution in [0.15, 0.2) is 66.8 Å². The molecule has 2 aromatic carbocycles. The summed E-state index contributed by atoms with van der Waals surface area (Å²) in [5, 5.41) is 9.25. The van der Waals surface area contributed by atoms with Gasteiger partial charge >= 0.3 is 5.97 Å². The van der Waals surface area contributed by atoms with Crippen molar-refractivity contribution in [2.45, 2.75) is 26.1 Å². The standard InChI is InChI=1S/C22H20N2O3/c25-22(26)17-11-12-20-19(13-17)23-21(24(20)18-9-5-2-6-10-18)15-27-14-16-7-3-1-4-8-16/h1,3-5,7-13H,2,6,14-15H2,(H,25,26). The third-order valence-corrected chi connectivity index (χ3v) is 4.55. The zero-order valence-electron chi connectivity index (χ0n) is 14.8. The fraction of sp³-hybridized carbons (Fsp3) is 0.182. The van der Waals surface area contributed by atoms with Gasteiger partial charge < -0.3 is 9.84 Å². The number of aromatic nitrogens is 2. The largest absolute Gasteiger partial charge is 0.478 e. The van der Waals surface area contributed by atoms with Gasteiger partial charge in [-0.3, -0.25) is 4.57 Å². The summed E-state index contributed by atoms with van der Waals surface area (Å²) in [5.41, 5.74) is 3.93. The molecule has 0 atom stereocenters. The van der Waals surface area contributed by atoms with Crippen LogP contribution in [0.5, 0.6) is 0 Å². The number of carboxylic acid groups (broad SMARTS) is 1. The SMILES string of the molecule is O=C(O)c1ccc2c(c1)nc(COCc1ccccc1)n2C1=CCCC=C1. The zero-order valence-corrected chi connectivity index (χ0v) is 14.8. The molecule has 4 rings (SSSR count). The summed E-state index contributed by atoms with van der Waals surface area (Å²) in [6, 6.07) is 15.0. The van der Waals surface area contributed by atoms with Crippen LogP contribution in [0, 0.1) is 0 Å². The smallest absolute Gasteiger partial charge is 0.335 e. The fourth-order valence-electron chi connectivity index (χ4n) is 3.25. The molecule has 5 heteroatoms. The van der Waals surface area contributed by atoms with E-state index in [2.05, 4.69) is 27.8 Å². The minimum absolute atomic E-state index is 0.233. The Labute approximate surface area is 157 Å². The van der Waals surface area contributed by atoms with E-state index in [0.717, 1.165) is 35.4 Å². The van der Waals surface area contributed by atoms with E-state index < -0.39 is 5.97 Å². The molecule has 0 spiro atoms. The van der Waals surface area contributed by atoms with Gasteiger partial charge in [-0.15, -0.1) is 0 Å². The maximum Gasteiger partial charge on any atom is 0.335 e. The van der Waals surface area contributed by atoms with Crippen molar-refractivity contribution in [1.82, 2.24) is 9.55 Å². The van der Waals surface area contributed by atoms with Gasteiger partial charge in [-0.25, -0.2) is 9.78 Å². The number of benzene rings is 2. The van der Waals surface area contributed by atoms with Gasteiger partial charge in [-0.2, -0.15) is 0 Å². The van der Waals surface area contributed by atoms with E-state index >= 15 is 0 Å². The first-order valence-corrected chi connectivity index (χ1v) is 8.96. The van der Waals surface area contributed by atoms with Gasteiger partial charge in [-0.1, -0.05) is 42.5 Å². The second-order valence-electron chi connectivity index (χ2n) is 6.46. The van der Waals surface area contributed by atoms with E-state index in [1.54, 1.807) is 12.1 Å². The highest BCUT2D eigenvalue weighted by atomic mass is 16.5. The molecule has 1 N–H and O–H groups in total. The second kappa shape index (κ2) is 7.60. The van der Waals surface area contributed by atoms with Crippen LogP contribution in [0.3, 0.4) is 0 Å². The van der Waals surface area contributed by atoms with Gasteiger partial charge in [0.25, 0.3) is 0 Å². The van der Waals surface area contributed by atoms with Gasteiger partial charge in [0.15, 0.2) is 0 Å². The normalized spacial score (nSPS) is 13.7. The van der Waals surface area contributed by atoms with Crippen LogP contribution >= 0.6 is 0 Å². The summed E-state index contributed by atoms with van der Waals surface area (Å²) >= 11 is 0. The van der Waals surface area contributed by atoms with E-state index in [9.17, 15) is 9.90 Å². The molecule has 0 saturated carbocycles. The predicted octanol–water partition coefficient (Wildman–Crippen LogP) is 4.64. The van der Waals surface area contributed by atoms with Gasteiger partial charge in [0.1, 0.15) is 12.4 Å². The number of ether oxygens (including phenoxy) is 1. The molecule has 0 bridgehead atoms. The van der Waals surface area contributed by atoms with E-state index in [4.69, 9.17) is 4.74 Å². The Morgan fingerprint density at radius 2 is 1.96 bits per heavy atom. The molecule has 1 aliphatic carbocycles. The number of aromatic carboxylic acids is 1. The predicted molar refractivity (Wildman–Crippen MR) is 104 cm³/mol. The quantitative estimate of drug-likeness (QED) is 0.695. The Bertz CT molecular complexity index is 1030. The monoisotopic (exact) mass is 360 g/mol. The summed E-state index contributed by atoms with van der Waals surface area (Å²) < 4.78 is 7.95. The van der Waals surface area contributed by atoms with Crippen molar-refractivity contribution in [3.8, 4) is 0 Å². The molecule has 0 amide bonds. The van der Waals surface area contributed by atoms with Gasteiger partial charge in [0.05, 0.1) is 23.2 Å². The zero-order chi connectivity index (χ0) is 18.6. The first-order chi connectivity index (χ1) is 13.2. The van der Waals surface area contributed by atoms with E-state index in [-0.39, 0.29) is 5.56 Å². The second-order valence-corrected chi connectivity index (χ2v) is 6.46. The molecular formula is C22H20N2O3. The third kappa shape index (κ3) is 3.68. The van der Waals surface area contributed by atoms with Crippen molar-refractivity contribution in [2.24, 2.45) is 0 Å². The van der Waals surface area contributed by atoms with Crippen LogP contribution in [0.1, 0.15) is 34.6 Å². The number of fused-ring (bicyclic) bond motifs is 1.